The molecule has 0 rings (SSSR count). The molecule has 0 aromatic carbocycles. The highest BCUT2D eigenvalue weighted by atomic mass is 16.4. The van der Waals surface area contributed by atoms with Crippen LogP contribution in [0.3, 0.4) is 0 Å². The number of nitrogens with zero attached hydrogens (tertiary/aromatic N) is 1. The quantitative estimate of drug-likeness (QED) is 0.599. The minimum absolute atomic E-state index is 0.240. The number of urea groups is 1. The SMILES string of the molecule is C=CCN(CC(=O)O)C(=O)NCC(CC)CCCC. The molecule has 1 atom stereocenters. The molecule has 0 spiro atoms. The maximum atomic E-state index is 11.9. The number of rotatable bonds is 10. The molecule has 0 saturated heterocycles. The molecule has 0 aliphatic carbocycles. The number of carbonyl (C=O) groups is 2. The zero-order valence-corrected chi connectivity index (χ0v) is 12.0. The van der Waals surface area contributed by atoms with E-state index in [0.29, 0.717) is 12.5 Å². The summed E-state index contributed by atoms with van der Waals surface area (Å²) in [6.45, 7) is 8.31. The number of carbonyl (C=O) groups excluding carboxylic acids is 1. The Hall–Kier alpha value is -1.52. The molecule has 0 aromatic rings. The highest BCUT2D eigenvalue weighted by molar-refractivity contribution is 5.80. The van der Waals surface area contributed by atoms with Crippen molar-refractivity contribution in [3.8, 4) is 0 Å². The summed E-state index contributed by atoms with van der Waals surface area (Å²) < 4.78 is 0. The van der Waals surface area contributed by atoms with Gasteiger partial charge in [0.25, 0.3) is 0 Å². The lowest BCUT2D eigenvalue weighted by Gasteiger charge is -2.22. The summed E-state index contributed by atoms with van der Waals surface area (Å²) in [4.78, 5) is 23.8. The lowest BCUT2D eigenvalue weighted by molar-refractivity contribution is -0.137. The Morgan fingerprint density at radius 3 is 2.58 bits per heavy atom. The van der Waals surface area contributed by atoms with Crippen molar-refractivity contribution in [3.63, 3.8) is 0 Å². The maximum absolute atomic E-state index is 11.9. The predicted molar refractivity (Wildman–Crippen MR) is 76.1 cm³/mol. The number of carboxylic acid groups (broad SMARTS) is 1. The van der Waals surface area contributed by atoms with Crippen molar-refractivity contribution in [2.75, 3.05) is 19.6 Å². The Kier molecular flexibility index (Phi) is 9.57. The van der Waals surface area contributed by atoms with Gasteiger partial charge in [-0.15, -0.1) is 6.58 Å². The summed E-state index contributed by atoms with van der Waals surface area (Å²) in [7, 11) is 0. The van der Waals surface area contributed by atoms with E-state index in [0.717, 1.165) is 25.7 Å². The zero-order chi connectivity index (χ0) is 14.7. The molecule has 0 aromatic heterocycles. The number of hydrogen-bond donors (Lipinski definition) is 2. The van der Waals surface area contributed by atoms with Gasteiger partial charge in [0, 0.05) is 13.1 Å². The molecular weight excluding hydrogens is 244 g/mol. The van der Waals surface area contributed by atoms with Gasteiger partial charge >= 0.3 is 12.0 Å². The number of nitrogens with one attached hydrogen (secondary N) is 1. The van der Waals surface area contributed by atoms with Crippen LogP contribution < -0.4 is 5.32 Å². The van der Waals surface area contributed by atoms with E-state index in [1.165, 1.54) is 11.0 Å². The molecule has 0 radical (unpaired) electrons. The smallest absolute Gasteiger partial charge is 0.323 e. The van der Waals surface area contributed by atoms with Crippen LogP contribution in [0.4, 0.5) is 4.79 Å². The number of carboxylic acids is 1. The van der Waals surface area contributed by atoms with Gasteiger partial charge in [0.05, 0.1) is 0 Å². The highest BCUT2D eigenvalue weighted by Gasteiger charge is 2.16. The van der Waals surface area contributed by atoms with Crippen LogP contribution in [0.25, 0.3) is 0 Å². The van der Waals surface area contributed by atoms with Crippen molar-refractivity contribution in [2.45, 2.75) is 39.5 Å². The second-order valence-corrected chi connectivity index (χ2v) is 4.67. The minimum atomic E-state index is -1.02. The predicted octanol–water partition coefficient (Wildman–Crippen LogP) is 2.49. The average molecular weight is 270 g/mol. The molecule has 5 nitrogen and oxygen atoms in total. The Balaban J connectivity index is 4.22. The highest BCUT2D eigenvalue weighted by Crippen LogP contribution is 2.11. The van der Waals surface area contributed by atoms with Crippen LogP contribution >= 0.6 is 0 Å². The lowest BCUT2D eigenvalue weighted by atomic mass is 9.99. The van der Waals surface area contributed by atoms with Gasteiger partial charge in [-0.1, -0.05) is 39.2 Å². The largest absolute Gasteiger partial charge is 0.480 e. The zero-order valence-electron chi connectivity index (χ0n) is 12.0. The molecule has 0 aliphatic heterocycles. The van der Waals surface area contributed by atoms with Crippen LogP contribution in [-0.2, 0) is 4.79 Å². The molecule has 110 valence electrons. The average Bonchev–Trinajstić information content (AvgIpc) is 2.37. The van der Waals surface area contributed by atoms with E-state index < -0.39 is 5.97 Å². The third-order valence-electron chi connectivity index (χ3n) is 3.05. The summed E-state index contributed by atoms with van der Waals surface area (Å²) in [5.74, 6) is -0.561. The third-order valence-corrected chi connectivity index (χ3v) is 3.05. The number of unbranched alkanes of at least 4 members (excludes halogenated alkanes) is 1. The summed E-state index contributed by atoms with van der Waals surface area (Å²) in [6, 6.07) is -0.336. The van der Waals surface area contributed by atoms with Crippen LogP contribution in [0.5, 0.6) is 0 Å². The van der Waals surface area contributed by atoms with Crippen LogP contribution in [0.1, 0.15) is 39.5 Å². The topological polar surface area (TPSA) is 69.6 Å². The van der Waals surface area contributed by atoms with Gasteiger partial charge in [0.15, 0.2) is 0 Å². The fourth-order valence-corrected chi connectivity index (χ4v) is 1.83. The van der Waals surface area contributed by atoms with E-state index >= 15 is 0 Å². The first-order valence-electron chi connectivity index (χ1n) is 6.90. The second kappa shape index (κ2) is 10.4. The molecule has 0 saturated carbocycles. The molecule has 0 fully saturated rings. The standard InChI is InChI=1S/C14H26N2O3/c1-4-7-8-12(6-3)10-15-14(19)16(9-5-2)11-13(17)18/h5,12H,2,4,6-11H2,1,3H3,(H,15,19)(H,17,18). The molecule has 2 N–H and O–H groups in total. The van der Waals surface area contributed by atoms with E-state index in [4.69, 9.17) is 5.11 Å². The van der Waals surface area contributed by atoms with Gasteiger partial charge < -0.3 is 15.3 Å². The fourth-order valence-electron chi connectivity index (χ4n) is 1.83. The molecule has 0 aliphatic rings. The molecule has 0 bridgehead atoms. The van der Waals surface area contributed by atoms with Crippen LogP contribution in [0.15, 0.2) is 12.7 Å². The van der Waals surface area contributed by atoms with Crippen molar-refractivity contribution in [1.29, 1.82) is 0 Å². The monoisotopic (exact) mass is 270 g/mol. The van der Waals surface area contributed by atoms with Crippen molar-refractivity contribution in [1.82, 2.24) is 10.2 Å². The van der Waals surface area contributed by atoms with Crippen molar-refractivity contribution < 1.29 is 14.7 Å². The first kappa shape index (κ1) is 17.5. The Morgan fingerprint density at radius 2 is 2.11 bits per heavy atom. The van der Waals surface area contributed by atoms with Gasteiger partial charge in [-0.3, -0.25) is 4.79 Å². The number of amides is 2. The van der Waals surface area contributed by atoms with E-state index in [1.807, 2.05) is 0 Å². The van der Waals surface area contributed by atoms with Gasteiger partial charge in [-0.25, -0.2) is 4.79 Å². The summed E-state index contributed by atoms with van der Waals surface area (Å²) in [5, 5.41) is 11.6. The lowest BCUT2D eigenvalue weighted by Crippen LogP contribution is -2.44. The van der Waals surface area contributed by atoms with Crippen LogP contribution in [0.2, 0.25) is 0 Å². The van der Waals surface area contributed by atoms with E-state index in [-0.39, 0.29) is 19.1 Å². The van der Waals surface area contributed by atoms with Crippen molar-refractivity contribution >= 4 is 12.0 Å². The fraction of sp³-hybridized carbons (Fsp3) is 0.714. The summed E-state index contributed by atoms with van der Waals surface area (Å²) in [5.41, 5.74) is 0. The Morgan fingerprint density at radius 1 is 1.42 bits per heavy atom. The molecule has 1 unspecified atom stereocenters. The van der Waals surface area contributed by atoms with Crippen LogP contribution in [0, 0.1) is 5.92 Å². The van der Waals surface area contributed by atoms with Gasteiger partial charge in [0.2, 0.25) is 0 Å². The summed E-state index contributed by atoms with van der Waals surface area (Å²) >= 11 is 0. The number of hydrogen-bond acceptors (Lipinski definition) is 2. The third kappa shape index (κ3) is 8.24. The van der Waals surface area contributed by atoms with E-state index in [9.17, 15) is 9.59 Å². The van der Waals surface area contributed by atoms with Gasteiger partial charge in [0.1, 0.15) is 6.54 Å². The first-order chi connectivity index (χ1) is 9.04. The molecular formula is C14H26N2O3. The molecule has 19 heavy (non-hydrogen) atoms. The molecule has 5 heteroatoms. The normalized spacial score (nSPS) is 11.7. The molecule has 0 heterocycles. The Bertz CT molecular complexity index is 292. The van der Waals surface area contributed by atoms with Crippen molar-refractivity contribution in [2.24, 2.45) is 5.92 Å². The van der Waals surface area contributed by atoms with Gasteiger partial charge in [-0.05, 0) is 12.3 Å². The Labute approximate surface area is 115 Å². The van der Waals surface area contributed by atoms with E-state index in [2.05, 4.69) is 25.7 Å². The summed E-state index contributed by atoms with van der Waals surface area (Å²) in [6.07, 6.45) is 5.93. The van der Waals surface area contributed by atoms with Crippen molar-refractivity contribution in [3.05, 3.63) is 12.7 Å². The van der Waals surface area contributed by atoms with E-state index in [1.54, 1.807) is 0 Å². The second-order valence-electron chi connectivity index (χ2n) is 4.67. The maximum Gasteiger partial charge on any atom is 0.323 e. The number of aliphatic carboxylic acids is 1. The minimum Gasteiger partial charge on any atom is -0.480 e. The molecule has 2 amide bonds. The first-order valence-corrected chi connectivity index (χ1v) is 6.90. The van der Waals surface area contributed by atoms with Gasteiger partial charge in [-0.2, -0.15) is 0 Å². The van der Waals surface area contributed by atoms with Crippen LogP contribution in [-0.4, -0.2) is 41.6 Å².